The van der Waals surface area contributed by atoms with Crippen LogP contribution in [-0.2, 0) is 14.9 Å². The third-order valence-electron chi connectivity index (χ3n) is 2.42. The van der Waals surface area contributed by atoms with Crippen molar-refractivity contribution in [3.63, 3.8) is 0 Å². The average molecular weight is 206 g/mol. The number of hydrogen-bond acceptors (Lipinski definition) is 3. The summed E-state index contributed by atoms with van der Waals surface area (Å²) in [6.07, 6.45) is 2.13. The molecule has 2 aliphatic heterocycles. The predicted molar refractivity (Wildman–Crippen MR) is 47.5 cm³/mol. The molecule has 0 spiro atoms. The summed E-state index contributed by atoms with van der Waals surface area (Å²) >= 11 is 0. The third kappa shape index (κ3) is 2.01. The maximum Gasteiger partial charge on any atom is 0.279 e. The van der Waals surface area contributed by atoms with E-state index in [-0.39, 0.29) is 6.10 Å². The second-order valence-electron chi connectivity index (χ2n) is 3.39. The molecule has 2 saturated heterocycles. The highest BCUT2D eigenvalue weighted by atomic mass is 32.2. The molecule has 6 heteroatoms. The van der Waals surface area contributed by atoms with E-state index in [9.17, 15) is 8.42 Å². The topological polar surface area (TPSA) is 58.6 Å². The van der Waals surface area contributed by atoms with Gasteiger partial charge in [-0.15, -0.1) is 0 Å². The van der Waals surface area contributed by atoms with Gasteiger partial charge >= 0.3 is 0 Å². The van der Waals surface area contributed by atoms with Crippen molar-refractivity contribution in [2.45, 2.75) is 18.9 Å². The highest BCUT2D eigenvalue weighted by Gasteiger charge is 2.31. The molecule has 76 valence electrons. The molecule has 0 bridgehead atoms. The fourth-order valence-electron chi connectivity index (χ4n) is 1.72. The van der Waals surface area contributed by atoms with Gasteiger partial charge in [-0.2, -0.15) is 12.7 Å². The van der Waals surface area contributed by atoms with E-state index in [0.29, 0.717) is 19.6 Å². The number of hydrogen-bond donors (Lipinski definition) is 1. The molecule has 2 rings (SSSR count). The minimum atomic E-state index is -3.17. The van der Waals surface area contributed by atoms with Crippen LogP contribution in [0.15, 0.2) is 0 Å². The Labute approximate surface area is 78.2 Å². The molecule has 0 amide bonds. The Morgan fingerprint density at radius 3 is 2.92 bits per heavy atom. The Balaban J connectivity index is 1.94. The van der Waals surface area contributed by atoms with Crippen LogP contribution in [-0.4, -0.2) is 45.1 Å². The van der Waals surface area contributed by atoms with Crippen molar-refractivity contribution in [3.05, 3.63) is 0 Å². The highest BCUT2D eigenvalue weighted by molar-refractivity contribution is 7.87. The minimum Gasteiger partial charge on any atom is -0.377 e. The van der Waals surface area contributed by atoms with E-state index in [1.54, 1.807) is 0 Å². The first-order valence-electron chi connectivity index (χ1n) is 4.55. The van der Waals surface area contributed by atoms with Gasteiger partial charge in [0.05, 0.1) is 6.10 Å². The molecule has 0 aromatic rings. The van der Waals surface area contributed by atoms with Crippen LogP contribution in [0.4, 0.5) is 0 Å². The van der Waals surface area contributed by atoms with Crippen LogP contribution < -0.4 is 4.72 Å². The van der Waals surface area contributed by atoms with Gasteiger partial charge in [-0.25, -0.2) is 4.72 Å². The standard InChI is InChI=1S/C7H14N2O3S/c10-13(11)8-3-4-9(13)6-7-2-1-5-12-7/h7-8H,1-6H2. The summed E-state index contributed by atoms with van der Waals surface area (Å²) in [5.74, 6) is 0. The smallest absolute Gasteiger partial charge is 0.279 e. The first kappa shape index (κ1) is 9.39. The number of nitrogens with one attached hydrogen (secondary N) is 1. The zero-order valence-electron chi connectivity index (χ0n) is 7.40. The van der Waals surface area contributed by atoms with Gasteiger partial charge in [-0.3, -0.25) is 0 Å². The molecular formula is C7H14N2O3S. The maximum absolute atomic E-state index is 11.3. The lowest BCUT2D eigenvalue weighted by Gasteiger charge is -2.17. The summed E-state index contributed by atoms with van der Waals surface area (Å²) in [5, 5.41) is 0. The van der Waals surface area contributed by atoms with Crippen molar-refractivity contribution >= 4 is 10.2 Å². The second-order valence-corrected chi connectivity index (χ2v) is 5.15. The van der Waals surface area contributed by atoms with E-state index >= 15 is 0 Å². The zero-order valence-corrected chi connectivity index (χ0v) is 8.22. The first-order valence-corrected chi connectivity index (χ1v) is 5.99. The van der Waals surface area contributed by atoms with E-state index in [4.69, 9.17) is 4.74 Å². The summed E-state index contributed by atoms with van der Waals surface area (Å²) in [7, 11) is -3.17. The van der Waals surface area contributed by atoms with Crippen molar-refractivity contribution in [1.82, 2.24) is 9.03 Å². The maximum atomic E-state index is 11.3. The number of rotatable bonds is 2. The Morgan fingerprint density at radius 1 is 1.54 bits per heavy atom. The van der Waals surface area contributed by atoms with Crippen LogP contribution in [0.3, 0.4) is 0 Å². The lowest BCUT2D eigenvalue weighted by Crippen LogP contribution is -2.35. The SMILES string of the molecule is O=S1(=O)NCCN1CC1CCCO1. The average Bonchev–Trinajstić information content (AvgIpc) is 2.63. The van der Waals surface area contributed by atoms with Crippen LogP contribution in [0.2, 0.25) is 0 Å². The molecule has 0 saturated carbocycles. The van der Waals surface area contributed by atoms with Gasteiger partial charge < -0.3 is 4.74 Å². The Hall–Kier alpha value is -0.170. The van der Waals surface area contributed by atoms with E-state index in [1.807, 2.05) is 0 Å². The van der Waals surface area contributed by atoms with E-state index in [0.717, 1.165) is 19.4 Å². The van der Waals surface area contributed by atoms with Gasteiger partial charge in [0, 0.05) is 26.2 Å². The molecule has 2 fully saturated rings. The molecule has 0 aromatic carbocycles. The molecule has 1 unspecified atom stereocenters. The molecule has 5 nitrogen and oxygen atoms in total. The highest BCUT2D eigenvalue weighted by Crippen LogP contribution is 2.15. The normalized spacial score (nSPS) is 34.0. The molecule has 2 heterocycles. The lowest BCUT2D eigenvalue weighted by atomic mass is 10.2. The van der Waals surface area contributed by atoms with Crippen molar-refractivity contribution in [2.75, 3.05) is 26.2 Å². The van der Waals surface area contributed by atoms with Crippen molar-refractivity contribution in [3.8, 4) is 0 Å². The van der Waals surface area contributed by atoms with Crippen LogP contribution >= 0.6 is 0 Å². The molecular weight excluding hydrogens is 192 g/mol. The molecule has 0 radical (unpaired) electrons. The monoisotopic (exact) mass is 206 g/mol. The minimum absolute atomic E-state index is 0.106. The van der Waals surface area contributed by atoms with Crippen LogP contribution in [0.1, 0.15) is 12.8 Å². The third-order valence-corrected chi connectivity index (χ3v) is 4.00. The largest absolute Gasteiger partial charge is 0.377 e. The van der Waals surface area contributed by atoms with Gasteiger partial charge in [0.1, 0.15) is 0 Å². The summed E-state index contributed by atoms with van der Waals surface area (Å²) in [5.41, 5.74) is 0. The summed E-state index contributed by atoms with van der Waals surface area (Å²) in [4.78, 5) is 0. The van der Waals surface area contributed by atoms with Gasteiger partial charge in [0.2, 0.25) is 0 Å². The molecule has 13 heavy (non-hydrogen) atoms. The molecule has 2 aliphatic rings. The number of ether oxygens (including phenoxy) is 1. The van der Waals surface area contributed by atoms with Gasteiger partial charge in [0.25, 0.3) is 10.2 Å². The summed E-state index contributed by atoms with van der Waals surface area (Å²) < 4.78 is 31.9. The van der Waals surface area contributed by atoms with Crippen LogP contribution in [0, 0.1) is 0 Å². The van der Waals surface area contributed by atoms with E-state index in [1.165, 1.54) is 4.31 Å². The van der Waals surface area contributed by atoms with Gasteiger partial charge in [-0.1, -0.05) is 0 Å². The first-order chi connectivity index (χ1) is 6.18. The Morgan fingerprint density at radius 2 is 2.38 bits per heavy atom. The second kappa shape index (κ2) is 3.53. The fourth-order valence-corrected chi connectivity index (χ4v) is 2.94. The Bertz CT molecular complexity index is 271. The molecule has 0 aliphatic carbocycles. The Kier molecular flexibility index (Phi) is 2.55. The molecule has 1 atom stereocenters. The van der Waals surface area contributed by atoms with Crippen LogP contribution in [0.5, 0.6) is 0 Å². The van der Waals surface area contributed by atoms with Crippen LogP contribution in [0.25, 0.3) is 0 Å². The van der Waals surface area contributed by atoms with E-state index < -0.39 is 10.2 Å². The van der Waals surface area contributed by atoms with Crippen molar-refractivity contribution in [2.24, 2.45) is 0 Å². The quantitative estimate of drug-likeness (QED) is 0.651. The predicted octanol–water partition coefficient (Wildman–Crippen LogP) is -0.685. The zero-order chi connectivity index (χ0) is 9.31. The number of nitrogens with zero attached hydrogens (tertiary/aromatic N) is 1. The fraction of sp³-hybridized carbons (Fsp3) is 1.00. The van der Waals surface area contributed by atoms with E-state index in [2.05, 4.69) is 4.72 Å². The van der Waals surface area contributed by atoms with Gasteiger partial charge in [0.15, 0.2) is 0 Å². The molecule has 1 N–H and O–H groups in total. The van der Waals surface area contributed by atoms with Crippen molar-refractivity contribution in [1.29, 1.82) is 0 Å². The molecule has 0 aromatic heterocycles. The summed E-state index contributed by atoms with van der Waals surface area (Å²) in [6.45, 7) is 2.37. The van der Waals surface area contributed by atoms with Crippen molar-refractivity contribution < 1.29 is 13.2 Å². The summed E-state index contributed by atoms with van der Waals surface area (Å²) in [6, 6.07) is 0. The lowest BCUT2D eigenvalue weighted by molar-refractivity contribution is 0.0958. The van der Waals surface area contributed by atoms with Gasteiger partial charge in [-0.05, 0) is 12.8 Å².